The van der Waals surface area contributed by atoms with Crippen LogP contribution < -0.4 is 0 Å². The van der Waals surface area contributed by atoms with E-state index in [1.54, 1.807) is 7.05 Å². The fraction of sp³-hybridized carbons (Fsp3) is 0.333. The maximum Gasteiger partial charge on any atom is 0.309 e. The second kappa shape index (κ2) is 2.61. The first-order valence-electron chi connectivity index (χ1n) is 3.03. The van der Waals surface area contributed by atoms with Crippen LogP contribution in [0, 0.1) is 0 Å². The fourth-order valence-corrected chi connectivity index (χ4v) is 0.791. The Bertz CT molecular complexity index is 279. The zero-order valence-electron chi connectivity index (χ0n) is 5.98. The Morgan fingerprint density at radius 2 is 2.45 bits per heavy atom. The van der Waals surface area contributed by atoms with Gasteiger partial charge in [0.1, 0.15) is 5.69 Å². The van der Waals surface area contributed by atoms with Crippen LogP contribution in [0.4, 0.5) is 0 Å². The molecule has 0 spiro atoms. The maximum absolute atomic E-state index is 10.2. The average Bonchev–Trinajstić information content (AvgIpc) is 2.09. The summed E-state index contributed by atoms with van der Waals surface area (Å²) in [6.45, 7) is 0. The summed E-state index contributed by atoms with van der Waals surface area (Å²) in [5, 5.41) is 21.1. The van der Waals surface area contributed by atoms with E-state index in [1.165, 1.54) is 10.9 Å². The summed E-state index contributed by atoms with van der Waals surface area (Å²) in [7, 11) is 1.62. The van der Waals surface area contributed by atoms with Crippen LogP contribution >= 0.6 is 0 Å². The zero-order valence-corrected chi connectivity index (χ0v) is 5.98. The first-order chi connectivity index (χ1) is 5.09. The quantitative estimate of drug-likeness (QED) is 0.619. The molecule has 0 amide bonds. The van der Waals surface area contributed by atoms with E-state index in [1.807, 2.05) is 0 Å². The Hall–Kier alpha value is -1.52. The van der Waals surface area contributed by atoms with Crippen LogP contribution in [0.5, 0.6) is 5.75 Å². The maximum atomic E-state index is 10.2. The zero-order chi connectivity index (χ0) is 8.43. The number of hydrogen-bond donors (Lipinski definition) is 2. The predicted octanol–water partition coefficient (Wildman–Crippen LogP) is -0.247. The van der Waals surface area contributed by atoms with Crippen molar-refractivity contribution in [3.63, 3.8) is 0 Å². The smallest absolute Gasteiger partial charge is 0.309 e. The molecule has 0 atom stereocenters. The highest BCUT2D eigenvalue weighted by atomic mass is 16.4. The minimum atomic E-state index is -1.00. The van der Waals surface area contributed by atoms with Gasteiger partial charge in [0.25, 0.3) is 0 Å². The normalized spacial score (nSPS) is 9.91. The molecule has 0 saturated heterocycles. The van der Waals surface area contributed by atoms with Crippen LogP contribution in [0.1, 0.15) is 5.69 Å². The number of rotatable bonds is 2. The fourth-order valence-electron chi connectivity index (χ4n) is 0.791. The molecule has 0 aromatic carbocycles. The predicted molar refractivity (Wildman–Crippen MR) is 36.2 cm³/mol. The highest BCUT2D eigenvalue weighted by Crippen LogP contribution is 2.13. The van der Waals surface area contributed by atoms with Crippen molar-refractivity contribution in [1.82, 2.24) is 9.78 Å². The first-order valence-corrected chi connectivity index (χ1v) is 3.03. The number of carboxylic acids is 1. The van der Waals surface area contributed by atoms with Gasteiger partial charge in [-0.2, -0.15) is 5.10 Å². The van der Waals surface area contributed by atoms with E-state index < -0.39 is 5.97 Å². The molecule has 60 valence electrons. The van der Waals surface area contributed by atoms with Gasteiger partial charge in [-0.05, 0) is 0 Å². The molecule has 0 aliphatic rings. The summed E-state index contributed by atoms with van der Waals surface area (Å²) in [6.07, 6.45) is 1.12. The Balaban J connectivity index is 2.85. The molecule has 0 aliphatic carbocycles. The number of aryl methyl sites for hydroxylation is 1. The van der Waals surface area contributed by atoms with Crippen molar-refractivity contribution in [2.75, 3.05) is 0 Å². The molecule has 1 aromatic heterocycles. The lowest BCUT2D eigenvalue weighted by Gasteiger charge is -1.88. The molecular weight excluding hydrogens is 148 g/mol. The molecule has 0 saturated carbocycles. The van der Waals surface area contributed by atoms with Crippen LogP contribution in [-0.2, 0) is 18.3 Å². The van der Waals surface area contributed by atoms with Crippen LogP contribution in [0.3, 0.4) is 0 Å². The van der Waals surface area contributed by atoms with E-state index >= 15 is 0 Å². The van der Waals surface area contributed by atoms with E-state index in [0.29, 0.717) is 0 Å². The van der Waals surface area contributed by atoms with Crippen molar-refractivity contribution in [2.45, 2.75) is 6.42 Å². The van der Waals surface area contributed by atoms with Crippen LogP contribution in [0.15, 0.2) is 6.20 Å². The van der Waals surface area contributed by atoms with Gasteiger partial charge < -0.3 is 10.2 Å². The molecule has 2 N–H and O–H groups in total. The molecule has 11 heavy (non-hydrogen) atoms. The summed E-state index contributed by atoms with van der Waals surface area (Å²) in [5.41, 5.74) is 0.194. The van der Waals surface area contributed by atoms with E-state index in [2.05, 4.69) is 5.10 Å². The van der Waals surface area contributed by atoms with Gasteiger partial charge in [0.2, 0.25) is 0 Å². The van der Waals surface area contributed by atoms with Gasteiger partial charge >= 0.3 is 5.97 Å². The Kier molecular flexibility index (Phi) is 1.80. The molecular formula is C6H8N2O3. The highest BCUT2D eigenvalue weighted by Gasteiger charge is 2.09. The van der Waals surface area contributed by atoms with Crippen molar-refractivity contribution < 1.29 is 15.0 Å². The molecule has 5 nitrogen and oxygen atoms in total. The van der Waals surface area contributed by atoms with Crippen molar-refractivity contribution in [1.29, 1.82) is 0 Å². The van der Waals surface area contributed by atoms with Crippen LogP contribution in [0.25, 0.3) is 0 Å². The molecule has 1 aromatic rings. The van der Waals surface area contributed by atoms with E-state index in [9.17, 15) is 4.79 Å². The third-order valence-corrected chi connectivity index (χ3v) is 1.20. The number of nitrogens with zero attached hydrogens (tertiary/aromatic N) is 2. The van der Waals surface area contributed by atoms with Gasteiger partial charge in [0, 0.05) is 7.05 Å². The van der Waals surface area contributed by atoms with Crippen LogP contribution in [-0.4, -0.2) is 26.0 Å². The van der Waals surface area contributed by atoms with Crippen molar-refractivity contribution in [2.24, 2.45) is 7.05 Å². The van der Waals surface area contributed by atoms with Crippen molar-refractivity contribution in [3.05, 3.63) is 11.9 Å². The molecule has 0 bridgehead atoms. The van der Waals surface area contributed by atoms with E-state index in [-0.39, 0.29) is 17.9 Å². The monoisotopic (exact) mass is 156 g/mol. The standard InChI is InChI=1S/C6H8N2O3/c1-8-3-5(9)4(7-8)2-6(10)11/h3,9H,2H2,1H3,(H,10,11). The molecule has 0 unspecified atom stereocenters. The topological polar surface area (TPSA) is 75.4 Å². The number of hydrogen-bond acceptors (Lipinski definition) is 3. The molecule has 5 heteroatoms. The lowest BCUT2D eigenvalue weighted by Crippen LogP contribution is -2.01. The molecule has 1 heterocycles. The summed E-state index contributed by atoms with van der Waals surface area (Å²) >= 11 is 0. The van der Waals surface area contributed by atoms with E-state index in [0.717, 1.165) is 0 Å². The Morgan fingerprint density at radius 3 is 2.82 bits per heavy atom. The molecule has 0 aliphatic heterocycles. The van der Waals surface area contributed by atoms with Gasteiger partial charge in [0.15, 0.2) is 5.75 Å². The minimum Gasteiger partial charge on any atom is -0.504 e. The molecule has 0 radical (unpaired) electrons. The van der Waals surface area contributed by atoms with Crippen molar-refractivity contribution in [3.8, 4) is 5.75 Å². The van der Waals surface area contributed by atoms with Gasteiger partial charge in [-0.25, -0.2) is 0 Å². The second-order valence-corrected chi connectivity index (χ2v) is 2.21. The lowest BCUT2D eigenvalue weighted by atomic mass is 10.3. The number of aliphatic carboxylic acids is 1. The third-order valence-electron chi connectivity index (χ3n) is 1.20. The average molecular weight is 156 g/mol. The Morgan fingerprint density at radius 1 is 1.82 bits per heavy atom. The lowest BCUT2D eigenvalue weighted by molar-refractivity contribution is -0.136. The summed E-state index contributed by atoms with van der Waals surface area (Å²) in [6, 6.07) is 0. The number of carbonyl (C=O) groups is 1. The van der Waals surface area contributed by atoms with Gasteiger partial charge in [-0.15, -0.1) is 0 Å². The molecule has 1 rings (SSSR count). The minimum absolute atomic E-state index is 0.0742. The van der Waals surface area contributed by atoms with Gasteiger partial charge in [0.05, 0.1) is 12.6 Å². The summed E-state index contributed by atoms with van der Waals surface area (Å²) in [4.78, 5) is 10.2. The van der Waals surface area contributed by atoms with Gasteiger partial charge in [-0.1, -0.05) is 0 Å². The first kappa shape index (κ1) is 7.59. The van der Waals surface area contributed by atoms with Crippen LogP contribution in [0.2, 0.25) is 0 Å². The summed E-state index contributed by atoms with van der Waals surface area (Å²) < 4.78 is 1.37. The summed E-state index contributed by atoms with van der Waals surface area (Å²) in [5.74, 6) is -1.08. The highest BCUT2D eigenvalue weighted by molar-refractivity contribution is 5.70. The number of aromatic nitrogens is 2. The van der Waals surface area contributed by atoms with Crippen molar-refractivity contribution >= 4 is 5.97 Å². The van der Waals surface area contributed by atoms with Gasteiger partial charge in [-0.3, -0.25) is 9.48 Å². The number of aromatic hydroxyl groups is 1. The number of carboxylic acid groups (broad SMARTS) is 1. The van der Waals surface area contributed by atoms with E-state index in [4.69, 9.17) is 10.2 Å². The SMILES string of the molecule is Cn1cc(O)c(CC(=O)O)n1. The second-order valence-electron chi connectivity index (χ2n) is 2.21. The Labute approximate surface area is 62.9 Å². The third kappa shape index (κ3) is 1.70. The largest absolute Gasteiger partial charge is 0.504 e. The molecule has 0 fully saturated rings.